The van der Waals surface area contributed by atoms with Gasteiger partial charge in [-0.3, -0.25) is 9.59 Å². The fraction of sp³-hybridized carbons (Fsp3) is 0.200. The molecule has 0 radical (unpaired) electrons. The van der Waals surface area contributed by atoms with Crippen molar-refractivity contribution in [2.45, 2.75) is 12.8 Å². The summed E-state index contributed by atoms with van der Waals surface area (Å²) in [4.78, 5) is 24.3. The lowest BCUT2D eigenvalue weighted by atomic mass is 10.3. The molecule has 0 atom stereocenters. The van der Waals surface area contributed by atoms with Crippen molar-refractivity contribution >= 4 is 33.8 Å². The highest BCUT2D eigenvalue weighted by Gasteiger charge is 2.29. The van der Waals surface area contributed by atoms with Crippen molar-refractivity contribution in [3.05, 3.63) is 47.3 Å². The zero-order chi connectivity index (χ0) is 13.9. The standard InChI is InChI=1S/C15H14N2O2S/c18-14(10-6-7-10)17-13-9-8-12(20-13)15(19)16-11-4-2-1-3-5-11/h1-5,8-10H,6-7H2,(H,16,19)(H,17,18). The predicted molar refractivity (Wildman–Crippen MR) is 80.1 cm³/mol. The molecule has 1 fully saturated rings. The molecule has 2 aromatic rings. The van der Waals surface area contributed by atoms with Crippen molar-refractivity contribution < 1.29 is 9.59 Å². The second-order valence-corrected chi connectivity index (χ2v) is 5.83. The molecule has 0 saturated heterocycles. The second-order valence-electron chi connectivity index (χ2n) is 4.75. The largest absolute Gasteiger partial charge is 0.321 e. The summed E-state index contributed by atoms with van der Waals surface area (Å²) < 4.78 is 0. The van der Waals surface area contributed by atoms with Crippen LogP contribution >= 0.6 is 11.3 Å². The Balaban J connectivity index is 1.63. The highest BCUT2D eigenvalue weighted by atomic mass is 32.1. The fourth-order valence-corrected chi connectivity index (χ4v) is 2.61. The molecule has 1 aliphatic rings. The SMILES string of the molecule is O=C(Nc1ccccc1)c1ccc(NC(=O)C2CC2)s1. The average molecular weight is 286 g/mol. The van der Waals surface area contributed by atoms with Gasteiger partial charge in [0.1, 0.15) is 0 Å². The number of anilines is 2. The molecule has 0 spiro atoms. The summed E-state index contributed by atoms with van der Waals surface area (Å²) in [5, 5.41) is 6.38. The highest BCUT2D eigenvalue weighted by molar-refractivity contribution is 7.18. The molecule has 1 saturated carbocycles. The smallest absolute Gasteiger partial charge is 0.265 e. The molecule has 1 aliphatic carbocycles. The summed E-state index contributed by atoms with van der Waals surface area (Å²) in [7, 11) is 0. The number of hydrogen-bond acceptors (Lipinski definition) is 3. The minimum atomic E-state index is -0.159. The van der Waals surface area contributed by atoms with Crippen LogP contribution in [0.15, 0.2) is 42.5 Å². The Hall–Kier alpha value is -2.14. The molecule has 5 heteroatoms. The lowest BCUT2D eigenvalue weighted by Gasteiger charge is -2.02. The van der Waals surface area contributed by atoms with Gasteiger partial charge in [-0.15, -0.1) is 11.3 Å². The maximum Gasteiger partial charge on any atom is 0.265 e. The molecule has 0 aliphatic heterocycles. The third-order valence-electron chi connectivity index (χ3n) is 3.06. The van der Waals surface area contributed by atoms with Gasteiger partial charge in [-0.05, 0) is 37.1 Å². The van der Waals surface area contributed by atoms with E-state index in [0.717, 1.165) is 23.5 Å². The second kappa shape index (κ2) is 5.46. The van der Waals surface area contributed by atoms with Crippen molar-refractivity contribution in [1.29, 1.82) is 0 Å². The molecule has 1 aromatic heterocycles. The topological polar surface area (TPSA) is 58.2 Å². The number of rotatable bonds is 4. The van der Waals surface area contributed by atoms with Crippen LogP contribution in [0, 0.1) is 5.92 Å². The van der Waals surface area contributed by atoms with Crippen LogP contribution in [0.25, 0.3) is 0 Å². The number of amides is 2. The first kappa shape index (κ1) is 12.9. The molecule has 1 aromatic carbocycles. The Morgan fingerprint density at radius 3 is 2.45 bits per heavy atom. The predicted octanol–water partition coefficient (Wildman–Crippen LogP) is 3.35. The van der Waals surface area contributed by atoms with Crippen molar-refractivity contribution in [3.8, 4) is 0 Å². The first-order valence-electron chi connectivity index (χ1n) is 6.49. The quantitative estimate of drug-likeness (QED) is 0.905. The van der Waals surface area contributed by atoms with Crippen LogP contribution in [0.1, 0.15) is 22.5 Å². The van der Waals surface area contributed by atoms with E-state index in [9.17, 15) is 9.59 Å². The number of carbonyl (C=O) groups is 2. The summed E-state index contributed by atoms with van der Waals surface area (Å²) >= 11 is 1.29. The Bertz CT molecular complexity index is 632. The van der Waals surface area contributed by atoms with Gasteiger partial charge in [0.15, 0.2) is 0 Å². The first-order valence-corrected chi connectivity index (χ1v) is 7.31. The number of hydrogen-bond donors (Lipinski definition) is 2. The van der Waals surface area contributed by atoms with Crippen molar-refractivity contribution in [3.63, 3.8) is 0 Å². The minimum absolute atomic E-state index is 0.0573. The number of benzene rings is 1. The lowest BCUT2D eigenvalue weighted by molar-refractivity contribution is -0.117. The van der Waals surface area contributed by atoms with Crippen LogP contribution in [0.5, 0.6) is 0 Å². The third-order valence-corrected chi connectivity index (χ3v) is 4.06. The minimum Gasteiger partial charge on any atom is -0.321 e. The zero-order valence-corrected chi connectivity index (χ0v) is 11.6. The Morgan fingerprint density at radius 1 is 1.00 bits per heavy atom. The maximum absolute atomic E-state index is 12.0. The normalized spacial score (nSPS) is 13.8. The molecule has 0 bridgehead atoms. The molecule has 4 nitrogen and oxygen atoms in total. The van der Waals surface area contributed by atoms with E-state index >= 15 is 0 Å². The average Bonchev–Trinajstić information content (AvgIpc) is 3.20. The van der Waals surface area contributed by atoms with E-state index in [2.05, 4.69) is 10.6 Å². The van der Waals surface area contributed by atoms with E-state index in [0.29, 0.717) is 4.88 Å². The van der Waals surface area contributed by atoms with Crippen molar-refractivity contribution in [2.75, 3.05) is 10.6 Å². The van der Waals surface area contributed by atoms with E-state index < -0.39 is 0 Å². The first-order chi connectivity index (χ1) is 9.72. The summed E-state index contributed by atoms with van der Waals surface area (Å²) in [5.74, 6) is 0.0636. The lowest BCUT2D eigenvalue weighted by Crippen LogP contribution is -2.12. The molecule has 2 N–H and O–H groups in total. The molecule has 3 rings (SSSR count). The monoisotopic (exact) mass is 286 g/mol. The molecule has 2 amide bonds. The Morgan fingerprint density at radius 2 is 1.75 bits per heavy atom. The summed E-state index contributed by atoms with van der Waals surface area (Å²) in [5.41, 5.74) is 0.759. The van der Waals surface area contributed by atoms with Gasteiger partial charge in [-0.2, -0.15) is 0 Å². The fourth-order valence-electron chi connectivity index (χ4n) is 1.81. The van der Waals surface area contributed by atoms with Crippen LogP contribution in [0.3, 0.4) is 0 Å². The number of para-hydroxylation sites is 1. The van der Waals surface area contributed by atoms with Crippen LogP contribution in [-0.4, -0.2) is 11.8 Å². The molecule has 20 heavy (non-hydrogen) atoms. The van der Waals surface area contributed by atoms with Crippen molar-refractivity contribution in [2.24, 2.45) is 5.92 Å². The van der Waals surface area contributed by atoms with Crippen LogP contribution in [0.4, 0.5) is 10.7 Å². The van der Waals surface area contributed by atoms with E-state index in [1.165, 1.54) is 11.3 Å². The van der Waals surface area contributed by atoms with Gasteiger partial charge in [-0.25, -0.2) is 0 Å². The van der Waals surface area contributed by atoms with Crippen LogP contribution in [-0.2, 0) is 4.79 Å². The Kier molecular flexibility index (Phi) is 3.52. The van der Waals surface area contributed by atoms with E-state index in [-0.39, 0.29) is 17.7 Å². The van der Waals surface area contributed by atoms with E-state index in [1.807, 2.05) is 30.3 Å². The summed E-state index contributed by atoms with van der Waals surface area (Å²) in [6.45, 7) is 0. The van der Waals surface area contributed by atoms with Gasteiger partial charge >= 0.3 is 0 Å². The molecular formula is C15H14N2O2S. The van der Waals surface area contributed by atoms with Gasteiger partial charge in [-0.1, -0.05) is 18.2 Å². The number of nitrogens with one attached hydrogen (secondary N) is 2. The maximum atomic E-state index is 12.0. The molecule has 0 unspecified atom stereocenters. The highest BCUT2D eigenvalue weighted by Crippen LogP contribution is 2.31. The Labute approximate surface area is 120 Å². The zero-order valence-electron chi connectivity index (χ0n) is 10.8. The van der Waals surface area contributed by atoms with Gasteiger partial charge < -0.3 is 10.6 Å². The molecular weight excluding hydrogens is 272 g/mol. The van der Waals surface area contributed by atoms with Gasteiger partial charge in [0, 0.05) is 11.6 Å². The van der Waals surface area contributed by atoms with Gasteiger partial charge in [0.25, 0.3) is 5.91 Å². The van der Waals surface area contributed by atoms with Crippen LogP contribution < -0.4 is 10.6 Å². The molecule has 102 valence electrons. The number of thiophene rings is 1. The van der Waals surface area contributed by atoms with E-state index in [1.54, 1.807) is 12.1 Å². The van der Waals surface area contributed by atoms with Crippen LogP contribution in [0.2, 0.25) is 0 Å². The molecule has 1 heterocycles. The summed E-state index contributed by atoms with van der Waals surface area (Å²) in [6, 6.07) is 12.8. The van der Waals surface area contributed by atoms with Gasteiger partial charge in [0.05, 0.1) is 9.88 Å². The number of carbonyl (C=O) groups excluding carboxylic acids is 2. The van der Waals surface area contributed by atoms with Crippen molar-refractivity contribution in [1.82, 2.24) is 0 Å². The summed E-state index contributed by atoms with van der Waals surface area (Å²) in [6.07, 6.45) is 1.94. The van der Waals surface area contributed by atoms with Gasteiger partial charge in [0.2, 0.25) is 5.91 Å². The third kappa shape index (κ3) is 3.05. The van der Waals surface area contributed by atoms with E-state index in [4.69, 9.17) is 0 Å².